The lowest BCUT2D eigenvalue weighted by Crippen LogP contribution is -2.60. The first-order chi connectivity index (χ1) is 9.87. The molecule has 8 heteroatoms. The maximum Gasteiger partial charge on any atom is 0.445 e. The van der Waals surface area contributed by atoms with Crippen LogP contribution in [0.1, 0.15) is 45.0 Å². The summed E-state index contributed by atoms with van der Waals surface area (Å²) < 4.78 is 43.4. The van der Waals surface area contributed by atoms with Gasteiger partial charge in [0.25, 0.3) is 0 Å². The van der Waals surface area contributed by atoms with Gasteiger partial charge in [0, 0.05) is 18.1 Å². The van der Waals surface area contributed by atoms with Crippen LogP contribution < -0.4 is 5.32 Å². The van der Waals surface area contributed by atoms with Crippen molar-refractivity contribution >= 4 is 16.5 Å². The van der Waals surface area contributed by atoms with Gasteiger partial charge in [0.2, 0.25) is 10.1 Å². The lowest BCUT2D eigenvalue weighted by Gasteiger charge is -2.55. The number of ether oxygens (including phenoxy) is 1. The summed E-state index contributed by atoms with van der Waals surface area (Å²) in [5.74, 6) is 0. The van der Waals surface area contributed by atoms with Crippen molar-refractivity contribution in [3.05, 3.63) is 5.01 Å². The van der Waals surface area contributed by atoms with Crippen molar-refractivity contribution in [2.75, 3.05) is 11.9 Å². The van der Waals surface area contributed by atoms with Crippen LogP contribution in [0.25, 0.3) is 0 Å². The highest BCUT2D eigenvalue weighted by atomic mass is 32.1. The Hall–Kier alpha value is -0.890. The standard InChI is InChI=1S/C13H20F3N3OS/c1-4-12(5-2)8(7-9(12)20-6-3)17-11-19-18-10(21-11)13(14,15)16/h8-9H,4-7H2,1-3H3,(H,17,19). The number of anilines is 1. The maximum absolute atomic E-state index is 12.5. The highest BCUT2D eigenvalue weighted by Gasteiger charge is 2.53. The number of nitrogens with one attached hydrogen (secondary N) is 1. The number of alkyl halides is 3. The molecule has 1 fully saturated rings. The first kappa shape index (κ1) is 16.5. The maximum atomic E-state index is 12.5. The SMILES string of the molecule is CCOC1CC(Nc2nnc(C(F)(F)F)s2)C1(CC)CC. The second-order valence-corrected chi connectivity index (χ2v) is 6.20. The highest BCUT2D eigenvalue weighted by Crippen LogP contribution is 2.50. The van der Waals surface area contributed by atoms with Crippen molar-refractivity contribution < 1.29 is 17.9 Å². The molecule has 0 spiro atoms. The van der Waals surface area contributed by atoms with Crippen LogP contribution in [-0.2, 0) is 10.9 Å². The molecule has 2 unspecified atom stereocenters. The van der Waals surface area contributed by atoms with Crippen LogP contribution in [0.2, 0.25) is 0 Å². The van der Waals surface area contributed by atoms with E-state index >= 15 is 0 Å². The third-order valence-corrected chi connectivity index (χ3v) is 5.33. The molecule has 0 saturated heterocycles. The zero-order valence-corrected chi connectivity index (χ0v) is 13.1. The van der Waals surface area contributed by atoms with Crippen molar-refractivity contribution in [3.8, 4) is 0 Å². The molecule has 2 atom stereocenters. The van der Waals surface area contributed by atoms with Gasteiger partial charge < -0.3 is 10.1 Å². The predicted molar refractivity (Wildman–Crippen MR) is 75.4 cm³/mol. The van der Waals surface area contributed by atoms with Crippen LogP contribution in [-0.4, -0.2) is 29.0 Å². The summed E-state index contributed by atoms with van der Waals surface area (Å²) in [6.45, 7) is 6.78. The van der Waals surface area contributed by atoms with Gasteiger partial charge in [-0.05, 0) is 26.2 Å². The molecule has 1 heterocycles. The summed E-state index contributed by atoms with van der Waals surface area (Å²) in [5.41, 5.74) is -0.0416. The quantitative estimate of drug-likeness (QED) is 0.861. The van der Waals surface area contributed by atoms with Crippen molar-refractivity contribution in [2.45, 2.75) is 58.4 Å². The molecular formula is C13H20F3N3OS. The lowest BCUT2D eigenvalue weighted by molar-refractivity contribution is -0.138. The molecule has 1 aliphatic rings. The van der Waals surface area contributed by atoms with E-state index in [0.717, 1.165) is 19.3 Å². The fourth-order valence-corrected chi connectivity index (χ4v) is 3.79. The Bertz CT molecular complexity index is 473. The Morgan fingerprint density at radius 2 is 1.95 bits per heavy atom. The highest BCUT2D eigenvalue weighted by molar-refractivity contribution is 7.15. The van der Waals surface area contributed by atoms with Crippen LogP contribution in [0.3, 0.4) is 0 Å². The molecule has 0 aliphatic heterocycles. The molecule has 4 nitrogen and oxygen atoms in total. The Morgan fingerprint density at radius 1 is 1.29 bits per heavy atom. The number of halogens is 3. The van der Waals surface area contributed by atoms with E-state index in [2.05, 4.69) is 29.4 Å². The molecule has 0 amide bonds. The average molecular weight is 323 g/mol. The molecule has 1 aliphatic carbocycles. The Labute approximate surface area is 126 Å². The third-order valence-electron chi connectivity index (χ3n) is 4.43. The minimum atomic E-state index is -4.43. The van der Waals surface area contributed by atoms with E-state index in [0.29, 0.717) is 17.9 Å². The molecule has 2 rings (SSSR count). The monoisotopic (exact) mass is 323 g/mol. The van der Waals surface area contributed by atoms with Gasteiger partial charge in [-0.25, -0.2) is 0 Å². The number of aromatic nitrogens is 2. The molecular weight excluding hydrogens is 303 g/mol. The lowest BCUT2D eigenvalue weighted by atomic mass is 9.58. The number of nitrogens with zero attached hydrogens (tertiary/aromatic N) is 2. The van der Waals surface area contributed by atoms with Gasteiger partial charge in [0.15, 0.2) is 0 Å². The minimum absolute atomic E-state index is 0.0416. The molecule has 1 N–H and O–H groups in total. The fourth-order valence-electron chi connectivity index (χ4n) is 3.13. The molecule has 1 saturated carbocycles. The summed E-state index contributed by atoms with van der Waals surface area (Å²) >= 11 is 0.555. The first-order valence-corrected chi connectivity index (χ1v) is 7.97. The molecule has 0 bridgehead atoms. The molecule has 0 aromatic carbocycles. The molecule has 120 valence electrons. The van der Waals surface area contributed by atoms with Gasteiger partial charge >= 0.3 is 6.18 Å². The van der Waals surface area contributed by atoms with Gasteiger partial charge in [-0.1, -0.05) is 25.2 Å². The van der Waals surface area contributed by atoms with Crippen LogP contribution in [0.5, 0.6) is 0 Å². The molecule has 1 aromatic heterocycles. The van der Waals surface area contributed by atoms with E-state index in [4.69, 9.17) is 4.74 Å². The van der Waals surface area contributed by atoms with Crippen LogP contribution >= 0.6 is 11.3 Å². The second kappa shape index (κ2) is 6.08. The smallest absolute Gasteiger partial charge is 0.378 e. The number of rotatable bonds is 6. The summed E-state index contributed by atoms with van der Waals surface area (Å²) in [6.07, 6.45) is -1.66. The first-order valence-electron chi connectivity index (χ1n) is 7.16. The number of hydrogen-bond donors (Lipinski definition) is 1. The van der Waals surface area contributed by atoms with Crippen molar-refractivity contribution in [2.24, 2.45) is 5.41 Å². The largest absolute Gasteiger partial charge is 0.445 e. The summed E-state index contributed by atoms with van der Waals surface area (Å²) in [7, 11) is 0. The van der Waals surface area contributed by atoms with Gasteiger partial charge in [0.1, 0.15) is 0 Å². The van der Waals surface area contributed by atoms with Gasteiger partial charge in [0.05, 0.1) is 6.10 Å². The van der Waals surface area contributed by atoms with Crippen LogP contribution in [0, 0.1) is 5.41 Å². The molecule has 21 heavy (non-hydrogen) atoms. The zero-order valence-electron chi connectivity index (χ0n) is 12.3. The normalized spacial score (nSPS) is 24.7. The summed E-state index contributed by atoms with van der Waals surface area (Å²) in [6, 6.07) is 0.0816. The van der Waals surface area contributed by atoms with E-state index in [1.807, 2.05) is 6.92 Å². The van der Waals surface area contributed by atoms with Gasteiger partial charge in [-0.3, -0.25) is 0 Å². The number of hydrogen-bond acceptors (Lipinski definition) is 5. The van der Waals surface area contributed by atoms with Crippen molar-refractivity contribution in [1.29, 1.82) is 0 Å². The van der Waals surface area contributed by atoms with E-state index in [1.165, 1.54) is 0 Å². The Morgan fingerprint density at radius 3 is 2.43 bits per heavy atom. The molecule has 1 aromatic rings. The topological polar surface area (TPSA) is 47.0 Å². The molecule has 0 radical (unpaired) electrons. The summed E-state index contributed by atoms with van der Waals surface area (Å²) in [4.78, 5) is 0. The predicted octanol–water partition coefficient (Wildman–Crippen LogP) is 3.95. The second-order valence-electron chi connectivity index (χ2n) is 5.23. The van der Waals surface area contributed by atoms with Crippen LogP contribution in [0.15, 0.2) is 0 Å². The summed E-state index contributed by atoms with van der Waals surface area (Å²) in [5, 5.41) is 9.24. The minimum Gasteiger partial charge on any atom is -0.378 e. The van der Waals surface area contributed by atoms with E-state index in [1.54, 1.807) is 0 Å². The van der Waals surface area contributed by atoms with Crippen molar-refractivity contribution in [1.82, 2.24) is 10.2 Å². The van der Waals surface area contributed by atoms with E-state index in [9.17, 15) is 13.2 Å². The van der Waals surface area contributed by atoms with Crippen LogP contribution in [0.4, 0.5) is 18.3 Å². The van der Waals surface area contributed by atoms with E-state index in [-0.39, 0.29) is 22.7 Å². The van der Waals surface area contributed by atoms with Gasteiger partial charge in [-0.15, -0.1) is 10.2 Å². The Balaban J connectivity index is 2.08. The Kier molecular flexibility index (Phi) is 4.77. The zero-order chi connectivity index (χ0) is 15.7. The average Bonchev–Trinajstić information content (AvgIpc) is 2.88. The van der Waals surface area contributed by atoms with E-state index < -0.39 is 11.2 Å². The van der Waals surface area contributed by atoms with Crippen molar-refractivity contribution in [3.63, 3.8) is 0 Å². The van der Waals surface area contributed by atoms with Gasteiger partial charge in [-0.2, -0.15) is 13.2 Å². The fraction of sp³-hybridized carbons (Fsp3) is 0.846. The third kappa shape index (κ3) is 3.01.